The molecule has 1 unspecified atom stereocenters. The van der Waals surface area contributed by atoms with Gasteiger partial charge in [-0.05, 0) is 31.0 Å². The normalized spacial score (nSPS) is 12.1. The number of carbonyl (C=O) groups is 1. The van der Waals surface area contributed by atoms with Gasteiger partial charge in [0, 0.05) is 25.4 Å². The summed E-state index contributed by atoms with van der Waals surface area (Å²) in [6.45, 7) is 1.26. The van der Waals surface area contributed by atoms with E-state index in [1.165, 1.54) is 7.11 Å². The maximum Gasteiger partial charge on any atom is 0.305 e. The van der Waals surface area contributed by atoms with E-state index in [4.69, 9.17) is 0 Å². The molecule has 0 bridgehead atoms. The first kappa shape index (κ1) is 14.6. The Hall–Kier alpha value is -1.46. The Morgan fingerprint density at radius 1 is 1.61 bits per heavy atom. The smallest absolute Gasteiger partial charge is 0.305 e. The van der Waals surface area contributed by atoms with Crippen molar-refractivity contribution in [2.24, 2.45) is 0 Å². The van der Waals surface area contributed by atoms with E-state index in [9.17, 15) is 9.90 Å². The van der Waals surface area contributed by atoms with Crippen molar-refractivity contribution in [3.8, 4) is 0 Å². The fraction of sp³-hybridized carbons (Fsp3) is 0.538. The number of aliphatic hydroxyl groups is 1. The van der Waals surface area contributed by atoms with Crippen LogP contribution in [0.15, 0.2) is 24.5 Å². The fourth-order valence-electron chi connectivity index (χ4n) is 1.54. The van der Waals surface area contributed by atoms with Gasteiger partial charge >= 0.3 is 5.97 Å². The molecule has 1 atom stereocenters. The van der Waals surface area contributed by atoms with E-state index in [0.717, 1.165) is 18.5 Å². The van der Waals surface area contributed by atoms with Crippen LogP contribution in [0.4, 0.5) is 0 Å². The summed E-state index contributed by atoms with van der Waals surface area (Å²) >= 11 is 0. The Morgan fingerprint density at radius 3 is 3.11 bits per heavy atom. The molecule has 0 aliphatic heterocycles. The molecule has 0 aliphatic carbocycles. The quantitative estimate of drug-likeness (QED) is 0.521. The average molecular weight is 252 g/mol. The van der Waals surface area contributed by atoms with Crippen molar-refractivity contribution in [3.63, 3.8) is 0 Å². The van der Waals surface area contributed by atoms with Gasteiger partial charge in [0.1, 0.15) is 0 Å². The highest BCUT2D eigenvalue weighted by Gasteiger charge is 2.07. The van der Waals surface area contributed by atoms with E-state index in [1.54, 1.807) is 6.20 Å². The summed E-state index contributed by atoms with van der Waals surface area (Å²) in [7, 11) is 1.35. The monoisotopic (exact) mass is 252 g/mol. The van der Waals surface area contributed by atoms with Gasteiger partial charge in [0.2, 0.25) is 0 Å². The van der Waals surface area contributed by atoms with Crippen molar-refractivity contribution in [2.45, 2.75) is 25.4 Å². The highest BCUT2D eigenvalue weighted by atomic mass is 16.5. The second-order valence-electron chi connectivity index (χ2n) is 4.08. The van der Waals surface area contributed by atoms with Crippen LogP contribution in [-0.4, -0.2) is 42.4 Å². The third-order valence-electron chi connectivity index (χ3n) is 2.60. The molecule has 0 saturated carbocycles. The van der Waals surface area contributed by atoms with Gasteiger partial charge in [-0.3, -0.25) is 9.78 Å². The van der Waals surface area contributed by atoms with Crippen molar-refractivity contribution in [1.29, 1.82) is 0 Å². The summed E-state index contributed by atoms with van der Waals surface area (Å²) in [5.41, 5.74) is 1.16. The number of rotatable bonds is 8. The number of pyridine rings is 1. The Labute approximate surface area is 107 Å². The van der Waals surface area contributed by atoms with Crippen LogP contribution < -0.4 is 5.32 Å². The van der Waals surface area contributed by atoms with Crippen LogP contribution in [0.2, 0.25) is 0 Å². The molecule has 1 aromatic heterocycles. The molecule has 0 fully saturated rings. The van der Waals surface area contributed by atoms with Crippen LogP contribution in [0.5, 0.6) is 0 Å². The number of esters is 1. The van der Waals surface area contributed by atoms with Crippen molar-refractivity contribution >= 4 is 5.97 Å². The molecule has 100 valence electrons. The molecular weight excluding hydrogens is 232 g/mol. The van der Waals surface area contributed by atoms with E-state index >= 15 is 0 Å². The van der Waals surface area contributed by atoms with Gasteiger partial charge in [-0.15, -0.1) is 0 Å². The predicted octanol–water partition coefficient (Wildman–Crippen LogP) is 0.528. The molecule has 1 aromatic rings. The summed E-state index contributed by atoms with van der Waals surface area (Å²) in [4.78, 5) is 14.9. The van der Waals surface area contributed by atoms with Crippen LogP contribution >= 0.6 is 0 Å². The summed E-state index contributed by atoms with van der Waals surface area (Å²) in [5.74, 6) is -0.288. The number of nitrogens with zero attached hydrogens (tertiary/aromatic N) is 1. The third-order valence-corrected chi connectivity index (χ3v) is 2.60. The summed E-state index contributed by atoms with van der Waals surface area (Å²) < 4.78 is 4.51. The van der Waals surface area contributed by atoms with Gasteiger partial charge < -0.3 is 15.2 Å². The van der Waals surface area contributed by atoms with Gasteiger partial charge in [-0.2, -0.15) is 0 Å². The molecule has 0 radical (unpaired) electrons. The molecule has 0 aliphatic rings. The van der Waals surface area contributed by atoms with Crippen molar-refractivity contribution < 1.29 is 14.6 Å². The molecule has 5 heteroatoms. The highest BCUT2D eigenvalue weighted by Crippen LogP contribution is 1.98. The van der Waals surface area contributed by atoms with Gasteiger partial charge in [-0.25, -0.2) is 0 Å². The largest absolute Gasteiger partial charge is 0.469 e. The zero-order chi connectivity index (χ0) is 13.2. The Bertz CT molecular complexity index is 343. The number of carbonyl (C=O) groups excluding carboxylic acids is 1. The van der Waals surface area contributed by atoms with E-state index < -0.39 is 6.10 Å². The number of methoxy groups -OCH3 is 1. The second kappa shape index (κ2) is 8.60. The number of hydrogen-bond donors (Lipinski definition) is 2. The predicted molar refractivity (Wildman–Crippen MR) is 68.1 cm³/mol. The van der Waals surface area contributed by atoms with Crippen LogP contribution in [0, 0.1) is 0 Å². The van der Waals surface area contributed by atoms with E-state index in [1.807, 2.05) is 18.3 Å². The Balaban J connectivity index is 2.05. The summed E-state index contributed by atoms with van der Waals surface area (Å²) in [6.07, 6.45) is 4.60. The van der Waals surface area contributed by atoms with Crippen molar-refractivity contribution in [3.05, 3.63) is 30.1 Å². The number of aromatic nitrogens is 1. The van der Waals surface area contributed by atoms with Gasteiger partial charge in [0.25, 0.3) is 0 Å². The SMILES string of the molecule is COC(=O)CCC(O)CNCCc1cccnc1. The molecular formula is C13H20N2O3. The van der Waals surface area contributed by atoms with Crippen LogP contribution in [0.25, 0.3) is 0 Å². The minimum Gasteiger partial charge on any atom is -0.469 e. The summed E-state index contributed by atoms with van der Waals surface area (Å²) in [6, 6.07) is 3.92. The third kappa shape index (κ3) is 6.32. The molecule has 5 nitrogen and oxygen atoms in total. The molecule has 0 aromatic carbocycles. The maximum absolute atomic E-state index is 10.9. The standard InChI is InChI=1S/C13H20N2O3/c1-18-13(17)5-4-12(16)10-15-8-6-11-3-2-7-14-9-11/h2-3,7,9,12,15-16H,4-6,8,10H2,1H3. The van der Waals surface area contributed by atoms with Gasteiger partial charge in [0.05, 0.1) is 13.2 Å². The van der Waals surface area contributed by atoms with Crippen LogP contribution in [-0.2, 0) is 16.0 Å². The first-order valence-electron chi connectivity index (χ1n) is 6.07. The lowest BCUT2D eigenvalue weighted by Gasteiger charge is -2.11. The lowest BCUT2D eigenvalue weighted by Crippen LogP contribution is -2.29. The number of ether oxygens (including phenoxy) is 1. The van der Waals surface area contributed by atoms with E-state index in [2.05, 4.69) is 15.0 Å². The molecule has 1 rings (SSSR count). The lowest BCUT2D eigenvalue weighted by molar-refractivity contribution is -0.141. The minimum absolute atomic E-state index is 0.252. The van der Waals surface area contributed by atoms with Gasteiger partial charge in [0.15, 0.2) is 0 Å². The molecule has 2 N–H and O–H groups in total. The molecule has 0 amide bonds. The lowest BCUT2D eigenvalue weighted by atomic mass is 10.2. The number of hydrogen-bond acceptors (Lipinski definition) is 5. The average Bonchev–Trinajstić information content (AvgIpc) is 2.42. The number of nitrogens with one attached hydrogen (secondary N) is 1. The summed E-state index contributed by atoms with van der Waals surface area (Å²) in [5, 5.41) is 12.8. The molecule has 18 heavy (non-hydrogen) atoms. The molecule has 1 heterocycles. The van der Waals surface area contributed by atoms with Crippen molar-refractivity contribution in [1.82, 2.24) is 10.3 Å². The fourth-order valence-corrected chi connectivity index (χ4v) is 1.54. The highest BCUT2D eigenvalue weighted by molar-refractivity contribution is 5.69. The topological polar surface area (TPSA) is 71.5 Å². The second-order valence-corrected chi connectivity index (χ2v) is 4.08. The van der Waals surface area contributed by atoms with Gasteiger partial charge in [-0.1, -0.05) is 6.07 Å². The molecule has 0 spiro atoms. The van der Waals surface area contributed by atoms with Crippen molar-refractivity contribution in [2.75, 3.05) is 20.2 Å². The Morgan fingerprint density at radius 2 is 2.44 bits per heavy atom. The maximum atomic E-state index is 10.9. The minimum atomic E-state index is -0.516. The first-order valence-corrected chi connectivity index (χ1v) is 6.07. The number of aliphatic hydroxyl groups excluding tert-OH is 1. The zero-order valence-corrected chi connectivity index (χ0v) is 10.6. The zero-order valence-electron chi connectivity index (χ0n) is 10.6. The Kier molecular flexibility index (Phi) is 6.98. The van der Waals surface area contributed by atoms with E-state index in [0.29, 0.717) is 13.0 Å². The first-order chi connectivity index (χ1) is 8.72. The van der Waals surface area contributed by atoms with Crippen LogP contribution in [0.1, 0.15) is 18.4 Å². The van der Waals surface area contributed by atoms with E-state index in [-0.39, 0.29) is 12.4 Å². The molecule has 0 saturated heterocycles. The van der Waals surface area contributed by atoms with Crippen LogP contribution in [0.3, 0.4) is 0 Å².